The van der Waals surface area contributed by atoms with Gasteiger partial charge in [0.05, 0.1) is 5.92 Å². The Morgan fingerprint density at radius 1 is 0.783 bits per heavy atom. The predicted octanol–water partition coefficient (Wildman–Crippen LogP) is 4.71. The Kier molecular flexibility index (Phi) is 3.31. The third-order valence-corrected chi connectivity index (χ3v) is 3.90. The fourth-order valence-electron chi connectivity index (χ4n) is 2.82. The Balaban J connectivity index is 1.90. The molecule has 0 fully saturated rings. The highest BCUT2D eigenvalue weighted by Gasteiger charge is 2.22. The SMILES string of the molecule is Oc1ccc2nc(C(c3ccccc3)c3ccccc3)oc2c1. The van der Waals surface area contributed by atoms with E-state index >= 15 is 0 Å². The lowest BCUT2D eigenvalue weighted by Gasteiger charge is -2.14. The molecule has 0 unspecified atom stereocenters. The van der Waals surface area contributed by atoms with E-state index in [4.69, 9.17) is 4.42 Å². The molecule has 3 nitrogen and oxygen atoms in total. The Hall–Kier alpha value is -3.07. The highest BCUT2D eigenvalue weighted by atomic mass is 16.3. The van der Waals surface area contributed by atoms with Gasteiger partial charge < -0.3 is 9.52 Å². The minimum Gasteiger partial charge on any atom is -0.508 e. The van der Waals surface area contributed by atoms with Crippen LogP contribution in [0.5, 0.6) is 5.75 Å². The smallest absolute Gasteiger partial charge is 0.207 e. The summed E-state index contributed by atoms with van der Waals surface area (Å²) in [6.45, 7) is 0. The van der Waals surface area contributed by atoms with E-state index in [1.54, 1.807) is 18.2 Å². The zero-order valence-electron chi connectivity index (χ0n) is 12.4. The van der Waals surface area contributed by atoms with Crippen LogP contribution in [0.25, 0.3) is 11.1 Å². The van der Waals surface area contributed by atoms with Crippen LogP contribution in [0.4, 0.5) is 0 Å². The summed E-state index contributed by atoms with van der Waals surface area (Å²) >= 11 is 0. The molecule has 4 rings (SSSR count). The third kappa shape index (κ3) is 2.57. The summed E-state index contributed by atoms with van der Waals surface area (Å²) in [4.78, 5) is 4.63. The summed E-state index contributed by atoms with van der Waals surface area (Å²) in [7, 11) is 0. The summed E-state index contributed by atoms with van der Waals surface area (Å²) in [6, 6.07) is 25.3. The van der Waals surface area contributed by atoms with Crippen molar-refractivity contribution in [3.8, 4) is 5.75 Å². The molecule has 0 bridgehead atoms. The molecule has 0 spiro atoms. The van der Waals surface area contributed by atoms with E-state index in [2.05, 4.69) is 29.2 Å². The molecule has 0 aliphatic carbocycles. The van der Waals surface area contributed by atoms with Crippen molar-refractivity contribution in [1.29, 1.82) is 0 Å². The Labute approximate surface area is 133 Å². The van der Waals surface area contributed by atoms with Crippen molar-refractivity contribution in [3.05, 3.63) is 95.9 Å². The second-order valence-corrected chi connectivity index (χ2v) is 5.46. The molecule has 3 aromatic carbocycles. The van der Waals surface area contributed by atoms with Crippen molar-refractivity contribution in [2.24, 2.45) is 0 Å². The summed E-state index contributed by atoms with van der Waals surface area (Å²) < 4.78 is 5.95. The molecule has 0 saturated carbocycles. The van der Waals surface area contributed by atoms with Crippen molar-refractivity contribution in [3.63, 3.8) is 0 Å². The van der Waals surface area contributed by atoms with E-state index < -0.39 is 0 Å². The van der Waals surface area contributed by atoms with Crippen LogP contribution in [-0.4, -0.2) is 10.1 Å². The van der Waals surface area contributed by atoms with Crippen LogP contribution in [0.1, 0.15) is 22.9 Å². The molecule has 4 aromatic rings. The largest absolute Gasteiger partial charge is 0.508 e. The van der Waals surface area contributed by atoms with Gasteiger partial charge in [-0.25, -0.2) is 4.98 Å². The Bertz CT molecular complexity index is 890. The normalized spacial score (nSPS) is 11.2. The molecule has 0 aliphatic heterocycles. The Morgan fingerprint density at radius 3 is 2.00 bits per heavy atom. The van der Waals surface area contributed by atoms with E-state index in [9.17, 15) is 5.11 Å². The average molecular weight is 301 g/mol. The van der Waals surface area contributed by atoms with E-state index in [1.165, 1.54) is 0 Å². The number of phenolic OH excluding ortho intramolecular Hbond substituents is 1. The lowest BCUT2D eigenvalue weighted by Crippen LogP contribution is -2.03. The monoisotopic (exact) mass is 301 g/mol. The summed E-state index contributed by atoms with van der Waals surface area (Å²) in [6.07, 6.45) is 0. The van der Waals surface area contributed by atoms with Crippen LogP contribution in [0.3, 0.4) is 0 Å². The third-order valence-electron chi connectivity index (χ3n) is 3.90. The number of oxazole rings is 1. The number of fused-ring (bicyclic) bond motifs is 1. The number of nitrogens with zero attached hydrogens (tertiary/aromatic N) is 1. The quantitative estimate of drug-likeness (QED) is 0.596. The van der Waals surface area contributed by atoms with E-state index in [1.807, 2.05) is 36.4 Å². The van der Waals surface area contributed by atoms with Gasteiger partial charge in [-0.05, 0) is 23.3 Å². The maximum atomic E-state index is 9.62. The van der Waals surface area contributed by atoms with Crippen molar-refractivity contribution in [1.82, 2.24) is 4.98 Å². The molecule has 0 aliphatic rings. The molecule has 0 atom stereocenters. The van der Waals surface area contributed by atoms with Crippen molar-refractivity contribution in [2.45, 2.75) is 5.92 Å². The molecule has 1 aromatic heterocycles. The van der Waals surface area contributed by atoms with Crippen LogP contribution >= 0.6 is 0 Å². The number of rotatable bonds is 3. The van der Waals surface area contributed by atoms with Crippen molar-refractivity contribution < 1.29 is 9.52 Å². The number of aromatic nitrogens is 1. The van der Waals surface area contributed by atoms with Gasteiger partial charge in [-0.1, -0.05) is 60.7 Å². The second kappa shape index (κ2) is 5.61. The number of hydrogen-bond acceptors (Lipinski definition) is 3. The van der Waals surface area contributed by atoms with Crippen LogP contribution in [0.15, 0.2) is 83.3 Å². The van der Waals surface area contributed by atoms with Crippen LogP contribution in [0.2, 0.25) is 0 Å². The van der Waals surface area contributed by atoms with Crippen LogP contribution < -0.4 is 0 Å². The lowest BCUT2D eigenvalue weighted by molar-refractivity contribution is 0.472. The fraction of sp³-hybridized carbons (Fsp3) is 0.0500. The molecule has 1 N–H and O–H groups in total. The summed E-state index contributed by atoms with van der Waals surface area (Å²) in [5.74, 6) is 0.728. The highest BCUT2D eigenvalue weighted by molar-refractivity contribution is 5.74. The molecule has 0 saturated heterocycles. The predicted molar refractivity (Wildman–Crippen MR) is 89.5 cm³/mol. The standard InChI is InChI=1S/C20H15NO2/c22-16-11-12-17-18(13-16)23-20(21-17)19(14-7-3-1-4-8-14)15-9-5-2-6-10-15/h1-13,19,22H. The van der Waals surface area contributed by atoms with Gasteiger partial charge >= 0.3 is 0 Å². The van der Waals surface area contributed by atoms with Gasteiger partial charge in [0.1, 0.15) is 11.3 Å². The molecule has 112 valence electrons. The first-order valence-electron chi connectivity index (χ1n) is 7.50. The summed E-state index contributed by atoms with van der Waals surface area (Å²) in [5, 5.41) is 9.62. The number of hydrogen-bond donors (Lipinski definition) is 1. The van der Waals surface area contributed by atoms with Gasteiger partial charge in [0.25, 0.3) is 0 Å². The van der Waals surface area contributed by atoms with Crippen LogP contribution in [-0.2, 0) is 0 Å². The maximum absolute atomic E-state index is 9.62. The lowest BCUT2D eigenvalue weighted by atomic mass is 9.91. The number of phenols is 1. The topological polar surface area (TPSA) is 46.3 Å². The number of aromatic hydroxyl groups is 1. The zero-order chi connectivity index (χ0) is 15.6. The first kappa shape index (κ1) is 13.6. The Morgan fingerprint density at radius 2 is 1.39 bits per heavy atom. The van der Waals surface area contributed by atoms with Gasteiger partial charge in [-0.3, -0.25) is 0 Å². The fourth-order valence-corrected chi connectivity index (χ4v) is 2.82. The van der Waals surface area contributed by atoms with Crippen molar-refractivity contribution in [2.75, 3.05) is 0 Å². The maximum Gasteiger partial charge on any atom is 0.207 e. The molecular weight excluding hydrogens is 286 g/mol. The highest BCUT2D eigenvalue weighted by Crippen LogP contribution is 2.33. The van der Waals surface area contributed by atoms with Crippen molar-refractivity contribution >= 4 is 11.1 Å². The van der Waals surface area contributed by atoms with Gasteiger partial charge in [0, 0.05) is 6.07 Å². The summed E-state index contributed by atoms with van der Waals surface area (Å²) in [5.41, 5.74) is 3.58. The van der Waals surface area contributed by atoms with E-state index in [0.717, 1.165) is 16.6 Å². The zero-order valence-corrected chi connectivity index (χ0v) is 12.4. The minimum atomic E-state index is -0.0769. The molecule has 3 heteroatoms. The van der Waals surface area contributed by atoms with Gasteiger partial charge in [0.2, 0.25) is 5.89 Å². The minimum absolute atomic E-state index is 0.0769. The second-order valence-electron chi connectivity index (χ2n) is 5.46. The van der Waals surface area contributed by atoms with E-state index in [-0.39, 0.29) is 11.7 Å². The first-order chi connectivity index (χ1) is 11.3. The molecule has 23 heavy (non-hydrogen) atoms. The molecule has 0 amide bonds. The molecule has 1 heterocycles. The van der Waals surface area contributed by atoms with Crippen LogP contribution in [0, 0.1) is 0 Å². The van der Waals surface area contributed by atoms with E-state index in [0.29, 0.717) is 11.5 Å². The van der Waals surface area contributed by atoms with Gasteiger partial charge in [0.15, 0.2) is 5.58 Å². The average Bonchev–Trinajstić information content (AvgIpc) is 2.99. The van der Waals surface area contributed by atoms with Gasteiger partial charge in [-0.15, -0.1) is 0 Å². The number of benzene rings is 3. The van der Waals surface area contributed by atoms with Gasteiger partial charge in [-0.2, -0.15) is 0 Å². The molecule has 0 radical (unpaired) electrons. The molecular formula is C20H15NO2. The first-order valence-corrected chi connectivity index (χ1v) is 7.50.